The van der Waals surface area contributed by atoms with E-state index in [1.54, 1.807) is 12.1 Å². The maximum atomic E-state index is 13.4. The van der Waals surface area contributed by atoms with E-state index in [1.807, 2.05) is 30.3 Å². The minimum Gasteiger partial charge on any atom is -0.507 e. The maximum Gasteiger partial charge on any atom is 0.262 e. The average Bonchev–Trinajstić information content (AvgIpc) is 3.50. The summed E-state index contributed by atoms with van der Waals surface area (Å²) in [5, 5.41) is 25.1. The van der Waals surface area contributed by atoms with Gasteiger partial charge < -0.3 is 20.2 Å². The molecule has 2 aliphatic carbocycles. The van der Waals surface area contributed by atoms with E-state index in [1.165, 1.54) is 32.5 Å². The van der Waals surface area contributed by atoms with Crippen molar-refractivity contribution in [2.45, 2.75) is 56.7 Å². The molecule has 1 spiro atoms. The lowest BCUT2D eigenvalue weighted by Crippen LogP contribution is -2.58. The fourth-order valence-corrected chi connectivity index (χ4v) is 11.4. The van der Waals surface area contributed by atoms with Gasteiger partial charge in [0.1, 0.15) is 11.8 Å². The molecule has 6 fully saturated rings. The highest BCUT2D eigenvalue weighted by molar-refractivity contribution is 6.23. The number of piperidine rings is 3. The molecule has 2 unspecified atom stereocenters. The first-order valence-corrected chi connectivity index (χ1v) is 20.5. The molecule has 2 aromatic carbocycles. The Morgan fingerprint density at radius 2 is 1.61 bits per heavy atom. The first kappa shape index (κ1) is 34.2. The van der Waals surface area contributed by atoms with Crippen molar-refractivity contribution in [3.05, 3.63) is 59.7 Å². The molecule has 4 amide bonds. The molecule has 4 saturated heterocycles. The van der Waals surface area contributed by atoms with Crippen LogP contribution in [-0.2, 0) is 9.59 Å². The van der Waals surface area contributed by atoms with E-state index in [2.05, 4.69) is 46.5 Å². The van der Waals surface area contributed by atoms with Crippen LogP contribution >= 0.6 is 0 Å². The third-order valence-electron chi connectivity index (χ3n) is 14.7. The molecule has 2 saturated carbocycles. The first-order valence-electron chi connectivity index (χ1n) is 20.5. The van der Waals surface area contributed by atoms with Crippen molar-refractivity contribution in [1.29, 1.82) is 0 Å². The lowest BCUT2D eigenvalue weighted by atomic mass is 9.60. The lowest BCUT2D eigenvalue weighted by molar-refractivity contribution is -0.136. The summed E-state index contributed by atoms with van der Waals surface area (Å²) in [5.41, 5.74) is 4.51. The van der Waals surface area contributed by atoms with Crippen LogP contribution in [0.3, 0.4) is 0 Å². The molecule has 14 nitrogen and oxygen atoms in total. The number of likely N-dealkylation sites (tertiary alicyclic amines) is 1. The summed E-state index contributed by atoms with van der Waals surface area (Å²) in [6.45, 7) is 9.46. The fourth-order valence-electron chi connectivity index (χ4n) is 11.4. The van der Waals surface area contributed by atoms with Crippen LogP contribution in [0.15, 0.2) is 48.5 Å². The highest BCUT2D eigenvalue weighted by Gasteiger charge is 2.59. The lowest BCUT2D eigenvalue weighted by Gasteiger charge is -2.55. The molecule has 290 valence electrons. The van der Waals surface area contributed by atoms with E-state index in [4.69, 9.17) is 0 Å². The number of hydrogen-bond acceptors (Lipinski definition) is 12. The molecule has 5 atom stereocenters. The van der Waals surface area contributed by atoms with Crippen molar-refractivity contribution < 1.29 is 24.3 Å². The number of anilines is 3. The topological polar surface area (TPSA) is 155 Å². The summed E-state index contributed by atoms with van der Waals surface area (Å²) in [5.74, 6) is 1.64. The second kappa shape index (κ2) is 12.7. The Labute approximate surface area is 325 Å². The van der Waals surface area contributed by atoms with Gasteiger partial charge in [-0.2, -0.15) is 0 Å². The molecule has 3 aromatic rings. The number of amides is 4. The highest BCUT2D eigenvalue weighted by Crippen LogP contribution is 2.57. The summed E-state index contributed by atoms with van der Waals surface area (Å²) in [4.78, 5) is 62.0. The van der Waals surface area contributed by atoms with Gasteiger partial charge in [-0.25, -0.2) is 0 Å². The SMILES string of the molecule is O=C1CCC(N2C(=O)c3ccc(N4CCC5(CC4)CC(N4C[C@@H]6C(CN7CCN8c9cc(-c%10ccccc%10O)nnc9NC[C@H]8C7)[C@@H]6C4)C5)cc3C2=O)C(=O)N1. The van der Waals surface area contributed by atoms with Crippen molar-refractivity contribution in [2.24, 2.45) is 23.2 Å². The monoisotopic (exact) mass is 757 g/mol. The number of nitrogens with one attached hydrogen (secondary N) is 2. The van der Waals surface area contributed by atoms with Crippen LogP contribution in [-0.4, -0.2) is 131 Å². The Kier molecular flexibility index (Phi) is 7.77. The number of rotatable bonds is 6. The second-order valence-electron chi connectivity index (χ2n) is 17.6. The molecule has 0 radical (unpaired) electrons. The van der Waals surface area contributed by atoms with Gasteiger partial charge in [-0.15, -0.1) is 10.2 Å². The highest BCUT2D eigenvalue weighted by atomic mass is 16.3. The van der Waals surface area contributed by atoms with Crippen molar-refractivity contribution in [2.75, 3.05) is 74.0 Å². The predicted octanol–water partition coefficient (Wildman–Crippen LogP) is 2.79. The third-order valence-corrected chi connectivity index (χ3v) is 14.7. The minimum absolute atomic E-state index is 0.112. The number of phenols is 1. The molecule has 3 N–H and O–H groups in total. The number of para-hydroxylation sites is 1. The number of aromatic nitrogens is 2. The zero-order valence-corrected chi connectivity index (χ0v) is 31.4. The Morgan fingerprint density at radius 3 is 2.39 bits per heavy atom. The van der Waals surface area contributed by atoms with Gasteiger partial charge in [0.2, 0.25) is 11.8 Å². The average molecular weight is 758 g/mol. The predicted molar refractivity (Wildman–Crippen MR) is 207 cm³/mol. The molecule has 7 heterocycles. The molecule has 56 heavy (non-hydrogen) atoms. The van der Waals surface area contributed by atoms with Crippen LogP contribution < -0.4 is 20.4 Å². The fraction of sp³-hybridized carbons (Fsp3) is 0.524. The van der Waals surface area contributed by atoms with E-state index >= 15 is 0 Å². The molecule has 1 aromatic heterocycles. The molecule has 8 aliphatic rings. The molecule has 6 aliphatic heterocycles. The number of imide groups is 2. The number of aromatic hydroxyl groups is 1. The first-order chi connectivity index (χ1) is 27.2. The van der Waals surface area contributed by atoms with Gasteiger partial charge in [0.15, 0.2) is 5.82 Å². The Balaban J connectivity index is 0.649. The van der Waals surface area contributed by atoms with Gasteiger partial charge in [0.25, 0.3) is 11.8 Å². The van der Waals surface area contributed by atoms with Gasteiger partial charge >= 0.3 is 0 Å². The summed E-state index contributed by atoms with van der Waals surface area (Å²) >= 11 is 0. The van der Waals surface area contributed by atoms with E-state index in [0.717, 1.165) is 92.0 Å². The maximum absolute atomic E-state index is 13.4. The van der Waals surface area contributed by atoms with E-state index in [-0.39, 0.29) is 24.5 Å². The van der Waals surface area contributed by atoms with Gasteiger partial charge in [-0.05, 0) is 91.7 Å². The number of phenolic OH excluding ortho intramolecular Hbond substituents is 1. The Morgan fingerprint density at radius 1 is 0.821 bits per heavy atom. The molecular weight excluding hydrogens is 711 g/mol. The van der Waals surface area contributed by atoms with Crippen LogP contribution in [0, 0.1) is 23.2 Å². The van der Waals surface area contributed by atoms with Gasteiger partial charge in [0, 0.05) is 82.6 Å². The Hall–Kier alpha value is -5.08. The zero-order valence-electron chi connectivity index (χ0n) is 31.4. The van der Waals surface area contributed by atoms with E-state index in [9.17, 15) is 24.3 Å². The molecule has 11 rings (SSSR count). The van der Waals surface area contributed by atoms with E-state index < -0.39 is 23.8 Å². The number of fused-ring (bicyclic) bond motifs is 5. The summed E-state index contributed by atoms with van der Waals surface area (Å²) in [6.07, 6.45) is 5.09. The number of carbonyl (C=O) groups is 4. The van der Waals surface area contributed by atoms with Crippen LogP contribution in [0.4, 0.5) is 17.2 Å². The molecule has 14 heteroatoms. The summed E-state index contributed by atoms with van der Waals surface area (Å²) in [6, 6.07) is 15.0. The third kappa shape index (κ3) is 5.50. The minimum atomic E-state index is -0.947. The number of benzene rings is 2. The zero-order chi connectivity index (χ0) is 37.9. The van der Waals surface area contributed by atoms with Gasteiger partial charge in [0.05, 0.1) is 28.6 Å². The Bertz CT molecular complexity index is 2150. The van der Waals surface area contributed by atoms with Crippen molar-refractivity contribution in [1.82, 2.24) is 30.2 Å². The normalized spacial score (nSPS) is 29.7. The largest absolute Gasteiger partial charge is 0.507 e. The molecule has 0 bridgehead atoms. The molecular formula is C42H47N9O5. The quantitative estimate of drug-likeness (QED) is 0.317. The van der Waals surface area contributed by atoms with Crippen molar-refractivity contribution in [3.63, 3.8) is 0 Å². The smallest absolute Gasteiger partial charge is 0.262 e. The summed E-state index contributed by atoms with van der Waals surface area (Å²) in [7, 11) is 0. The van der Waals surface area contributed by atoms with Crippen molar-refractivity contribution >= 4 is 40.8 Å². The van der Waals surface area contributed by atoms with Crippen LogP contribution in [0.1, 0.15) is 59.2 Å². The number of nitrogens with zero attached hydrogens (tertiary/aromatic N) is 7. The number of carbonyl (C=O) groups excluding carboxylic acids is 4. The van der Waals surface area contributed by atoms with Crippen molar-refractivity contribution in [3.8, 4) is 17.0 Å². The van der Waals surface area contributed by atoms with Gasteiger partial charge in [-0.3, -0.25) is 39.2 Å². The van der Waals surface area contributed by atoms with Crippen LogP contribution in [0.5, 0.6) is 5.75 Å². The van der Waals surface area contributed by atoms with E-state index in [0.29, 0.717) is 39.9 Å². The second-order valence-corrected chi connectivity index (χ2v) is 17.6. The standard InChI is InChI=1S/C42H47N9O5/c52-36-4-2-1-3-28(36)33-16-35-38(46-45-33)43-19-26-20-47(13-14-50(26)35)21-30-31-22-49(23-32(30)31)25-17-42(18-25)9-11-48(12-10-42)24-5-6-27-29(15-24)41(56)51(40(27)55)34-7-8-37(53)44-39(34)54/h1-6,15-16,25-26,30-32,34,52H,7-14,17-23H2,(H,43,46)(H,44,53,54)/t26-,30?,31-,32+,34?/m0/s1. The van der Waals surface area contributed by atoms with Crippen LogP contribution in [0.2, 0.25) is 0 Å². The number of piperazine rings is 1. The van der Waals surface area contributed by atoms with Crippen LogP contribution in [0.25, 0.3) is 11.3 Å². The van der Waals surface area contributed by atoms with Gasteiger partial charge in [-0.1, -0.05) is 12.1 Å². The summed E-state index contributed by atoms with van der Waals surface area (Å²) < 4.78 is 0. The number of hydrogen-bond donors (Lipinski definition) is 3.